The fraction of sp³-hybridized carbons (Fsp3) is 0.429. The van der Waals surface area contributed by atoms with Crippen LogP contribution in [0.4, 0.5) is 13.2 Å². The molecule has 4 nitrogen and oxygen atoms in total. The maximum Gasteiger partial charge on any atom is 0.421 e. The number of alkyl halides is 3. The summed E-state index contributed by atoms with van der Waals surface area (Å²) in [5.74, 6) is -0.0749. The summed E-state index contributed by atoms with van der Waals surface area (Å²) >= 11 is 0. The highest BCUT2D eigenvalue weighted by atomic mass is 19.4. The summed E-state index contributed by atoms with van der Waals surface area (Å²) in [7, 11) is 0. The number of benzene rings is 1. The summed E-state index contributed by atoms with van der Waals surface area (Å²) in [6, 6.07) is 9.40. The van der Waals surface area contributed by atoms with Crippen molar-refractivity contribution in [1.29, 1.82) is 0 Å². The minimum Gasteiger partial charge on any atom is -0.347 e. The summed E-state index contributed by atoms with van der Waals surface area (Å²) < 4.78 is 39.4. The Kier molecular flexibility index (Phi) is 6.69. The fourth-order valence-electron chi connectivity index (χ4n) is 2.97. The Labute approximate surface area is 162 Å². The van der Waals surface area contributed by atoms with Gasteiger partial charge < -0.3 is 9.88 Å². The van der Waals surface area contributed by atoms with E-state index < -0.39 is 29.8 Å². The summed E-state index contributed by atoms with van der Waals surface area (Å²) in [4.78, 5) is 24.4. The zero-order valence-corrected chi connectivity index (χ0v) is 16.4. The zero-order valence-electron chi connectivity index (χ0n) is 16.4. The van der Waals surface area contributed by atoms with Crippen LogP contribution >= 0.6 is 0 Å². The minimum atomic E-state index is -4.75. The Bertz CT molecular complexity index is 868. The number of nitrogens with zero attached hydrogens (tertiary/aromatic N) is 1. The molecule has 1 amide bonds. The number of pyridine rings is 1. The molecule has 0 radical (unpaired) electrons. The van der Waals surface area contributed by atoms with Crippen LogP contribution in [0.3, 0.4) is 0 Å². The first-order valence-corrected chi connectivity index (χ1v) is 9.16. The first-order chi connectivity index (χ1) is 13.0. The molecule has 2 rings (SSSR count). The first-order valence-electron chi connectivity index (χ1n) is 9.16. The fourth-order valence-corrected chi connectivity index (χ4v) is 2.97. The minimum absolute atomic E-state index is 0.0621. The summed E-state index contributed by atoms with van der Waals surface area (Å²) in [5.41, 5.74) is -0.433. The normalized spacial score (nSPS) is 13.0. The molecule has 0 saturated carbocycles. The van der Waals surface area contributed by atoms with Gasteiger partial charge in [0.2, 0.25) is 5.91 Å². The molecule has 0 bridgehead atoms. The van der Waals surface area contributed by atoms with Crippen molar-refractivity contribution in [3.8, 4) is 0 Å². The molecule has 0 saturated heterocycles. The van der Waals surface area contributed by atoms with Crippen LogP contribution in [0.2, 0.25) is 0 Å². The van der Waals surface area contributed by atoms with Gasteiger partial charge in [-0.15, -0.1) is 0 Å². The average Bonchev–Trinajstić information content (AvgIpc) is 2.60. The third kappa shape index (κ3) is 5.24. The molecule has 1 N–H and O–H groups in total. The number of carbonyl (C=O) groups excluding carboxylic acids is 1. The van der Waals surface area contributed by atoms with Crippen LogP contribution < -0.4 is 10.9 Å². The van der Waals surface area contributed by atoms with Gasteiger partial charge in [-0.05, 0) is 35.1 Å². The summed E-state index contributed by atoms with van der Waals surface area (Å²) in [6.07, 6.45) is -3.58. The number of carbonyl (C=O) groups is 1. The zero-order chi connectivity index (χ0) is 21.1. The lowest BCUT2D eigenvalue weighted by molar-refractivity contribution is -0.139. The van der Waals surface area contributed by atoms with E-state index in [1.54, 1.807) is 0 Å². The van der Waals surface area contributed by atoms with Crippen LogP contribution in [0.1, 0.15) is 56.3 Å². The number of hydrogen-bond donors (Lipinski definition) is 1. The Morgan fingerprint density at radius 2 is 1.61 bits per heavy atom. The van der Waals surface area contributed by atoms with E-state index in [0.29, 0.717) is 12.0 Å². The molecule has 0 aliphatic heterocycles. The van der Waals surface area contributed by atoms with Gasteiger partial charge in [-0.25, -0.2) is 0 Å². The molecule has 1 heterocycles. The van der Waals surface area contributed by atoms with Gasteiger partial charge >= 0.3 is 6.18 Å². The molecule has 0 fully saturated rings. The molecule has 28 heavy (non-hydrogen) atoms. The van der Waals surface area contributed by atoms with Crippen LogP contribution in [0.15, 0.2) is 47.4 Å². The largest absolute Gasteiger partial charge is 0.421 e. The third-order valence-electron chi connectivity index (χ3n) is 4.58. The highest BCUT2D eigenvalue weighted by molar-refractivity contribution is 5.76. The number of nitrogens with one attached hydrogen (secondary N) is 1. The van der Waals surface area contributed by atoms with E-state index in [2.05, 4.69) is 19.2 Å². The monoisotopic (exact) mass is 394 g/mol. The van der Waals surface area contributed by atoms with Gasteiger partial charge in [0.15, 0.2) is 0 Å². The highest BCUT2D eigenvalue weighted by Crippen LogP contribution is 2.26. The van der Waals surface area contributed by atoms with Crippen molar-refractivity contribution in [1.82, 2.24) is 9.88 Å². The number of aromatic nitrogens is 1. The van der Waals surface area contributed by atoms with Gasteiger partial charge in [-0.2, -0.15) is 13.2 Å². The van der Waals surface area contributed by atoms with E-state index in [4.69, 9.17) is 0 Å². The molecule has 2 aromatic rings. The van der Waals surface area contributed by atoms with Crippen molar-refractivity contribution in [2.45, 2.75) is 52.4 Å². The quantitative estimate of drug-likeness (QED) is 0.784. The maximum absolute atomic E-state index is 12.9. The lowest BCUT2D eigenvalue weighted by Gasteiger charge is -2.24. The summed E-state index contributed by atoms with van der Waals surface area (Å²) in [5, 5.41) is 2.84. The second-order valence-corrected chi connectivity index (χ2v) is 7.46. The average molecular weight is 394 g/mol. The Morgan fingerprint density at radius 3 is 2.11 bits per heavy atom. The van der Waals surface area contributed by atoms with E-state index in [1.807, 2.05) is 38.1 Å². The Morgan fingerprint density at radius 1 is 1.04 bits per heavy atom. The van der Waals surface area contributed by atoms with Gasteiger partial charge in [0.05, 0.1) is 6.04 Å². The third-order valence-corrected chi connectivity index (χ3v) is 4.58. The van der Waals surface area contributed by atoms with Crippen molar-refractivity contribution in [2.75, 3.05) is 0 Å². The van der Waals surface area contributed by atoms with Gasteiger partial charge in [-0.1, -0.05) is 52.0 Å². The Hall–Kier alpha value is -2.57. The van der Waals surface area contributed by atoms with Gasteiger partial charge in [0, 0.05) is 6.20 Å². The Balaban J connectivity index is 2.19. The summed E-state index contributed by atoms with van der Waals surface area (Å²) in [6.45, 7) is 7.58. The predicted molar refractivity (Wildman–Crippen MR) is 102 cm³/mol. The maximum atomic E-state index is 12.9. The second-order valence-electron chi connectivity index (χ2n) is 7.46. The van der Waals surface area contributed by atoms with Crippen LogP contribution in [-0.4, -0.2) is 10.5 Å². The first kappa shape index (κ1) is 21.7. The molecule has 1 aromatic carbocycles. The van der Waals surface area contributed by atoms with E-state index in [9.17, 15) is 22.8 Å². The van der Waals surface area contributed by atoms with Gasteiger partial charge in [-0.3, -0.25) is 9.59 Å². The van der Waals surface area contributed by atoms with E-state index >= 15 is 0 Å². The van der Waals surface area contributed by atoms with E-state index in [-0.39, 0.29) is 12.0 Å². The predicted octanol–water partition coefficient (Wildman–Crippen LogP) is 4.50. The SMILES string of the molecule is CC(C)c1ccc(C(NC(=O)Cn2cccc(C(F)(F)F)c2=O)C(C)C)cc1. The van der Waals surface area contributed by atoms with Crippen molar-refractivity contribution in [3.63, 3.8) is 0 Å². The van der Waals surface area contributed by atoms with Gasteiger partial charge in [0.25, 0.3) is 5.56 Å². The van der Waals surface area contributed by atoms with Crippen LogP contribution in [0.5, 0.6) is 0 Å². The molecular weight excluding hydrogens is 369 g/mol. The van der Waals surface area contributed by atoms with Crippen molar-refractivity contribution >= 4 is 5.91 Å². The molecule has 0 aliphatic carbocycles. The van der Waals surface area contributed by atoms with E-state index in [1.165, 1.54) is 11.8 Å². The lowest BCUT2D eigenvalue weighted by atomic mass is 9.93. The molecule has 0 aliphatic rings. The van der Waals surface area contributed by atoms with Gasteiger partial charge in [0.1, 0.15) is 12.1 Å². The standard InChI is InChI=1S/C21H25F3N2O2/c1-13(2)15-7-9-16(10-8-15)19(14(3)4)25-18(27)12-26-11-5-6-17(20(26)28)21(22,23)24/h5-11,13-14,19H,12H2,1-4H3,(H,25,27). The number of hydrogen-bond acceptors (Lipinski definition) is 2. The van der Waals surface area contributed by atoms with E-state index in [0.717, 1.165) is 16.2 Å². The number of rotatable bonds is 6. The number of amides is 1. The van der Waals surface area contributed by atoms with Crippen LogP contribution in [-0.2, 0) is 17.5 Å². The molecule has 152 valence electrons. The van der Waals surface area contributed by atoms with Crippen molar-refractivity contribution in [2.24, 2.45) is 5.92 Å². The van der Waals surface area contributed by atoms with Crippen molar-refractivity contribution in [3.05, 3.63) is 69.6 Å². The van der Waals surface area contributed by atoms with Crippen LogP contribution in [0, 0.1) is 5.92 Å². The smallest absolute Gasteiger partial charge is 0.347 e. The molecule has 1 unspecified atom stereocenters. The topological polar surface area (TPSA) is 51.1 Å². The number of halogens is 3. The molecular formula is C21H25F3N2O2. The molecule has 1 aromatic heterocycles. The molecule has 7 heteroatoms. The molecule has 1 atom stereocenters. The van der Waals surface area contributed by atoms with Crippen molar-refractivity contribution < 1.29 is 18.0 Å². The molecule has 0 spiro atoms. The highest BCUT2D eigenvalue weighted by Gasteiger charge is 2.34. The lowest BCUT2D eigenvalue weighted by Crippen LogP contribution is -2.37. The second kappa shape index (κ2) is 8.63. The van der Waals surface area contributed by atoms with Crippen LogP contribution in [0.25, 0.3) is 0 Å².